The van der Waals surface area contributed by atoms with Gasteiger partial charge in [-0.1, -0.05) is 13.8 Å². The van der Waals surface area contributed by atoms with E-state index in [0.29, 0.717) is 18.9 Å². The van der Waals surface area contributed by atoms with Gasteiger partial charge in [-0.3, -0.25) is 9.59 Å². The number of carbonyl (C=O) groups excluding carboxylic acids is 2. The van der Waals surface area contributed by atoms with Crippen molar-refractivity contribution >= 4 is 11.8 Å². The van der Waals surface area contributed by atoms with Gasteiger partial charge in [0.15, 0.2) is 0 Å². The fraction of sp³-hybridized carbons (Fsp3) is 0.889. The summed E-state index contributed by atoms with van der Waals surface area (Å²) in [7, 11) is 0. The quantitative estimate of drug-likeness (QED) is 0.816. The average Bonchev–Trinajstić information content (AvgIpc) is 2.60. The Morgan fingerprint density at radius 1 is 1.22 bits per heavy atom. The molecular weight excluding hydrogens is 292 g/mol. The molecule has 2 aliphatic heterocycles. The molecule has 2 heterocycles. The van der Waals surface area contributed by atoms with Crippen LogP contribution in [0.4, 0.5) is 0 Å². The Kier molecular flexibility index (Phi) is 7.34. The van der Waals surface area contributed by atoms with Crippen molar-refractivity contribution in [1.29, 1.82) is 0 Å². The molecule has 1 N–H and O–H groups in total. The summed E-state index contributed by atoms with van der Waals surface area (Å²) in [5.41, 5.74) is 0. The van der Waals surface area contributed by atoms with E-state index < -0.39 is 0 Å². The van der Waals surface area contributed by atoms with Gasteiger partial charge in [0.05, 0.1) is 5.92 Å². The van der Waals surface area contributed by atoms with Crippen molar-refractivity contribution in [1.82, 2.24) is 10.2 Å². The molecule has 0 saturated carbocycles. The van der Waals surface area contributed by atoms with Gasteiger partial charge in [-0.25, -0.2) is 0 Å². The number of amides is 2. The molecule has 0 aromatic carbocycles. The molecule has 5 heteroatoms. The minimum absolute atomic E-state index is 0.0431. The molecule has 0 unspecified atom stereocenters. The van der Waals surface area contributed by atoms with Gasteiger partial charge in [0, 0.05) is 38.8 Å². The van der Waals surface area contributed by atoms with E-state index in [4.69, 9.17) is 4.74 Å². The van der Waals surface area contributed by atoms with Crippen molar-refractivity contribution < 1.29 is 14.3 Å². The molecule has 0 aromatic heterocycles. The van der Waals surface area contributed by atoms with Gasteiger partial charge in [-0.2, -0.15) is 0 Å². The van der Waals surface area contributed by atoms with E-state index in [1.165, 1.54) is 0 Å². The molecule has 2 saturated heterocycles. The standard InChI is InChI=1S/C18H32N2O3/c1-3-6-17(21)20-10-5-7-15(13-20)18(22)19-16(4-2)14-8-11-23-12-9-14/h14-16H,3-13H2,1-2H3,(H,19,22)/t15-,16-/m1/s1. The lowest BCUT2D eigenvalue weighted by Crippen LogP contribution is -2.49. The third-order valence-corrected chi connectivity index (χ3v) is 5.21. The summed E-state index contributed by atoms with van der Waals surface area (Å²) in [6.07, 6.45) is 6.31. The van der Waals surface area contributed by atoms with Crippen LogP contribution in [0, 0.1) is 11.8 Å². The first-order valence-corrected chi connectivity index (χ1v) is 9.31. The summed E-state index contributed by atoms with van der Waals surface area (Å²) in [6, 6.07) is 0.244. The van der Waals surface area contributed by atoms with E-state index in [1.807, 2.05) is 11.8 Å². The van der Waals surface area contributed by atoms with E-state index in [-0.39, 0.29) is 23.8 Å². The number of hydrogen-bond donors (Lipinski definition) is 1. The zero-order valence-electron chi connectivity index (χ0n) is 14.7. The van der Waals surface area contributed by atoms with Gasteiger partial charge >= 0.3 is 0 Å². The number of piperidine rings is 1. The van der Waals surface area contributed by atoms with Crippen LogP contribution in [0.15, 0.2) is 0 Å². The Balaban J connectivity index is 1.86. The third kappa shape index (κ3) is 5.20. The molecule has 132 valence electrons. The fourth-order valence-electron chi connectivity index (χ4n) is 3.76. The number of carbonyl (C=O) groups is 2. The van der Waals surface area contributed by atoms with Crippen LogP contribution < -0.4 is 5.32 Å². The van der Waals surface area contributed by atoms with Crippen LogP contribution >= 0.6 is 0 Å². The van der Waals surface area contributed by atoms with Gasteiger partial charge in [0.25, 0.3) is 0 Å². The Morgan fingerprint density at radius 2 is 1.96 bits per heavy atom. The topological polar surface area (TPSA) is 58.6 Å². The number of ether oxygens (including phenoxy) is 1. The fourth-order valence-corrected chi connectivity index (χ4v) is 3.76. The van der Waals surface area contributed by atoms with Crippen molar-refractivity contribution in [2.45, 2.75) is 64.8 Å². The van der Waals surface area contributed by atoms with Gasteiger partial charge in [0.2, 0.25) is 11.8 Å². The molecule has 0 bridgehead atoms. The Hall–Kier alpha value is -1.10. The monoisotopic (exact) mass is 324 g/mol. The zero-order chi connectivity index (χ0) is 16.7. The van der Waals surface area contributed by atoms with Crippen LogP contribution in [0.2, 0.25) is 0 Å². The van der Waals surface area contributed by atoms with E-state index in [2.05, 4.69) is 12.2 Å². The maximum absolute atomic E-state index is 12.7. The summed E-state index contributed by atoms with van der Waals surface area (Å²) in [5.74, 6) is 0.816. The Bertz CT molecular complexity index is 394. The highest BCUT2D eigenvalue weighted by atomic mass is 16.5. The summed E-state index contributed by atoms with van der Waals surface area (Å²) >= 11 is 0. The predicted octanol–water partition coefficient (Wildman–Crippen LogP) is 2.35. The summed E-state index contributed by atoms with van der Waals surface area (Å²) in [5, 5.41) is 3.27. The van der Waals surface area contributed by atoms with Crippen LogP contribution in [0.25, 0.3) is 0 Å². The predicted molar refractivity (Wildman–Crippen MR) is 90.0 cm³/mol. The van der Waals surface area contributed by atoms with E-state index in [9.17, 15) is 9.59 Å². The second kappa shape index (κ2) is 9.26. The number of hydrogen-bond acceptors (Lipinski definition) is 3. The first kappa shape index (κ1) is 18.2. The number of likely N-dealkylation sites (tertiary alicyclic amines) is 1. The minimum Gasteiger partial charge on any atom is -0.381 e. The van der Waals surface area contributed by atoms with Crippen molar-refractivity contribution in [3.63, 3.8) is 0 Å². The molecule has 2 aliphatic rings. The molecule has 2 atom stereocenters. The van der Waals surface area contributed by atoms with Crippen molar-refractivity contribution in [2.75, 3.05) is 26.3 Å². The number of nitrogens with zero attached hydrogens (tertiary/aromatic N) is 1. The molecule has 23 heavy (non-hydrogen) atoms. The lowest BCUT2D eigenvalue weighted by atomic mass is 9.89. The number of nitrogens with one attached hydrogen (secondary N) is 1. The lowest BCUT2D eigenvalue weighted by molar-refractivity contribution is -0.136. The first-order chi connectivity index (χ1) is 11.2. The van der Waals surface area contributed by atoms with Gasteiger partial charge < -0.3 is 15.0 Å². The van der Waals surface area contributed by atoms with Crippen LogP contribution in [0.5, 0.6) is 0 Å². The maximum atomic E-state index is 12.7. The van der Waals surface area contributed by atoms with Gasteiger partial charge in [-0.05, 0) is 44.4 Å². The highest BCUT2D eigenvalue weighted by molar-refractivity contribution is 5.81. The normalized spacial score (nSPS) is 24.3. The zero-order valence-corrected chi connectivity index (χ0v) is 14.7. The van der Waals surface area contributed by atoms with Gasteiger partial charge in [-0.15, -0.1) is 0 Å². The summed E-state index contributed by atoms with van der Waals surface area (Å²) in [6.45, 7) is 7.16. The highest BCUT2D eigenvalue weighted by Crippen LogP contribution is 2.23. The van der Waals surface area contributed by atoms with E-state index >= 15 is 0 Å². The molecule has 0 aliphatic carbocycles. The average molecular weight is 324 g/mol. The molecule has 2 rings (SSSR count). The van der Waals surface area contributed by atoms with Crippen LogP contribution in [0.1, 0.15) is 58.8 Å². The summed E-state index contributed by atoms with van der Waals surface area (Å²) in [4.78, 5) is 26.6. The van der Waals surface area contributed by atoms with Crippen molar-refractivity contribution in [3.8, 4) is 0 Å². The molecule has 0 radical (unpaired) electrons. The maximum Gasteiger partial charge on any atom is 0.225 e. The third-order valence-electron chi connectivity index (χ3n) is 5.21. The van der Waals surface area contributed by atoms with E-state index in [0.717, 1.165) is 58.3 Å². The SMILES string of the molecule is CCCC(=O)N1CCC[C@@H](C(=O)N[C@H](CC)C2CCOCC2)C1. The second-order valence-corrected chi connectivity index (χ2v) is 6.90. The van der Waals surface area contributed by atoms with E-state index in [1.54, 1.807) is 0 Å². The van der Waals surface area contributed by atoms with Crippen molar-refractivity contribution in [3.05, 3.63) is 0 Å². The molecule has 0 aromatic rings. The second-order valence-electron chi connectivity index (χ2n) is 6.90. The van der Waals surface area contributed by atoms with Crippen LogP contribution in [-0.4, -0.2) is 49.1 Å². The molecule has 2 fully saturated rings. The van der Waals surface area contributed by atoms with Crippen LogP contribution in [-0.2, 0) is 14.3 Å². The molecular formula is C18H32N2O3. The highest BCUT2D eigenvalue weighted by Gasteiger charge is 2.31. The number of rotatable bonds is 6. The Morgan fingerprint density at radius 3 is 2.61 bits per heavy atom. The molecule has 0 spiro atoms. The van der Waals surface area contributed by atoms with Crippen molar-refractivity contribution in [2.24, 2.45) is 11.8 Å². The Labute approximate surface area is 140 Å². The molecule has 2 amide bonds. The summed E-state index contributed by atoms with van der Waals surface area (Å²) < 4.78 is 5.42. The smallest absolute Gasteiger partial charge is 0.225 e. The lowest BCUT2D eigenvalue weighted by Gasteiger charge is -2.35. The largest absolute Gasteiger partial charge is 0.381 e. The van der Waals surface area contributed by atoms with Crippen LogP contribution in [0.3, 0.4) is 0 Å². The molecule has 5 nitrogen and oxygen atoms in total. The minimum atomic E-state index is -0.0431. The van der Waals surface area contributed by atoms with Gasteiger partial charge in [0.1, 0.15) is 0 Å². The first-order valence-electron chi connectivity index (χ1n) is 9.31.